The summed E-state index contributed by atoms with van der Waals surface area (Å²) in [5.74, 6) is 0.955. The highest BCUT2D eigenvalue weighted by molar-refractivity contribution is 6.01. The Morgan fingerprint density at radius 1 is 0.846 bits per heavy atom. The van der Waals surface area contributed by atoms with Crippen molar-refractivity contribution in [2.45, 2.75) is 26.3 Å². The van der Waals surface area contributed by atoms with Gasteiger partial charge in [0.15, 0.2) is 0 Å². The fourth-order valence-corrected chi connectivity index (χ4v) is 4.83. The third-order valence-corrected chi connectivity index (χ3v) is 6.64. The maximum Gasteiger partial charge on any atom is 0.311 e. The van der Waals surface area contributed by atoms with Crippen LogP contribution in [0.2, 0.25) is 0 Å². The molecule has 4 rings (SSSR count). The standard InChI is InChI=1S/C33H35NO5/c1-6-21-37-26-16-12-24(13-17-26)33(25-14-18-27(19-15-25)38-22-7-2)29-11-9-8-10-28(29)30(35)34(33)20-23-39-31(36)32(3,4)5/h6-19H,1-2,20-23H2,3-5H3. The first-order valence-electron chi connectivity index (χ1n) is 13.0. The first kappa shape index (κ1) is 27.7. The molecule has 0 fully saturated rings. The summed E-state index contributed by atoms with van der Waals surface area (Å²) in [6, 6.07) is 23.1. The SMILES string of the molecule is C=CCOc1ccc(C2(c3ccc(OCC=C)cc3)c3ccccc3C(=O)N2CCOC(=O)C(C)(C)C)cc1. The smallest absolute Gasteiger partial charge is 0.311 e. The Balaban J connectivity index is 1.84. The van der Waals surface area contributed by atoms with E-state index in [1.807, 2.05) is 93.6 Å². The van der Waals surface area contributed by atoms with Gasteiger partial charge in [0.1, 0.15) is 36.9 Å². The number of nitrogens with zero attached hydrogens (tertiary/aromatic N) is 1. The van der Waals surface area contributed by atoms with E-state index in [2.05, 4.69) is 13.2 Å². The predicted molar refractivity (Wildman–Crippen MR) is 152 cm³/mol. The van der Waals surface area contributed by atoms with E-state index in [9.17, 15) is 9.59 Å². The summed E-state index contributed by atoms with van der Waals surface area (Å²) < 4.78 is 17.1. The highest BCUT2D eigenvalue weighted by atomic mass is 16.5. The van der Waals surface area contributed by atoms with E-state index in [-0.39, 0.29) is 25.0 Å². The summed E-state index contributed by atoms with van der Waals surface area (Å²) in [6.45, 7) is 13.9. The van der Waals surface area contributed by atoms with Crippen molar-refractivity contribution in [2.75, 3.05) is 26.4 Å². The lowest BCUT2D eigenvalue weighted by Crippen LogP contribution is -2.47. The monoisotopic (exact) mass is 525 g/mol. The van der Waals surface area contributed by atoms with Crippen molar-refractivity contribution in [2.24, 2.45) is 5.41 Å². The number of esters is 1. The maximum atomic E-state index is 14.0. The maximum absolute atomic E-state index is 14.0. The van der Waals surface area contributed by atoms with Crippen molar-refractivity contribution >= 4 is 11.9 Å². The summed E-state index contributed by atoms with van der Waals surface area (Å²) in [5, 5.41) is 0. The van der Waals surface area contributed by atoms with Gasteiger partial charge in [-0.15, -0.1) is 0 Å². The van der Waals surface area contributed by atoms with Crippen molar-refractivity contribution in [1.82, 2.24) is 4.90 Å². The summed E-state index contributed by atoms with van der Waals surface area (Å²) in [5.41, 5.74) is 1.63. The topological polar surface area (TPSA) is 65.1 Å². The molecule has 1 heterocycles. The second-order valence-electron chi connectivity index (χ2n) is 10.3. The Labute approximate surface area is 230 Å². The summed E-state index contributed by atoms with van der Waals surface area (Å²) >= 11 is 0. The quantitative estimate of drug-likeness (QED) is 0.222. The number of rotatable bonds is 11. The average Bonchev–Trinajstić information content (AvgIpc) is 3.19. The number of benzene rings is 3. The van der Waals surface area contributed by atoms with Crippen LogP contribution >= 0.6 is 0 Å². The van der Waals surface area contributed by atoms with E-state index in [0.29, 0.717) is 30.3 Å². The van der Waals surface area contributed by atoms with Crippen LogP contribution in [-0.4, -0.2) is 43.1 Å². The second kappa shape index (κ2) is 11.6. The van der Waals surface area contributed by atoms with Crippen LogP contribution in [-0.2, 0) is 15.1 Å². The average molecular weight is 526 g/mol. The molecule has 0 aromatic heterocycles. The van der Waals surface area contributed by atoms with Gasteiger partial charge in [0, 0.05) is 5.56 Å². The minimum absolute atomic E-state index is 0.0681. The molecule has 6 nitrogen and oxygen atoms in total. The minimum atomic E-state index is -0.963. The third kappa shape index (κ3) is 5.46. The summed E-state index contributed by atoms with van der Waals surface area (Å²) in [4.78, 5) is 28.3. The van der Waals surface area contributed by atoms with Crippen molar-refractivity contribution in [3.63, 3.8) is 0 Å². The van der Waals surface area contributed by atoms with Crippen LogP contribution in [0.15, 0.2) is 98.1 Å². The van der Waals surface area contributed by atoms with E-state index in [1.54, 1.807) is 17.1 Å². The van der Waals surface area contributed by atoms with E-state index in [0.717, 1.165) is 16.7 Å². The lowest BCUT2D eigenvalue weighted by Gasteiger charge is -2.40. The molecule has 0 saturated carbocycles. The Hall–Kier alpha value is -4.32. The first-order chi connectivity index (χ1) is 18.7. The lowest BCUT2D eigenvalue weighted by molar-refractivity contribution is -0.153. The van der Waals surface area contributed by atoms with E-state index < -0.39 is 11.0 Å². The van der Waals surface area contributed by atoms with Crippen molar-refractivity contribution in [3.05, 3.63) is 120 Å². The molecule has 3 aromatic carbocycles. The van der Waals surface area contributed by atoms with Crippen LogP contribution in [0.4, 0.5) is 0 Å². The van der Waals surface area contributed by atoms with Crippen molar-refractivity contribution in [1.29, 1.82) is 0 Å². The van der Waals surface area contributed by atoms with E-state index in [4.69, 9.17) is 14.2 Å². The second-order valence-corrected chi connectivity index (χ2v) is 10.3. The molecule has 0 unspecified atom stereocenters. The molecular formula is C33H35NO5. The molecule has 39 heavy (non-hydrogen) atoms. The molecule has 3 aromatic rings. The molecule has 0 N–H and O–H groups in total. The predicted octanol–water partition coefficient (Wildman–Crippen LogP) is 6.15. The number of carbonyl (C=O) groups excluding carboxylic acids is 2. The molecule has 1 aliphatic heterocycles. The number of carbonyl (C=O) groups is 2. The molecule has 6 heteroatoms. The van der Waals surface area contributed by atoms with Crippen LogP contribution in [0.1, 0.15) is 47.8 Å². The number of hydrogen-bond acceptors (Lipinski definition) is 5. The third-order valence-electron chi connectivity index (χ3n) is 6.64. The summed E-state index contributed by atoms with van der Waals surface area (Å²) in [7, 11) is 0. The van der Waals surface area contributed by atoms with Gasteiger partial charge in [-0.25, -0.2) is 0 Å². The van der Waals surface area contributed by atoms with Gasteiger partial charge < -0.3 is 19.1 Å². The van der Waals surface area contributed by atoms with Gasteiger partial charge in [0.25, 0.3) is 5.91 Å². The zero-order valence-electron chi connectivity index (χ0n) is 22.8. The molecular weight excluding hydrogens is 490 g/mol. The van der Waals surface area contributed by atoms with Gasteiger partial charge in [-0.2, -0.15) is 0 Å². The molecule has 0 aliphatic carbocycles. The lowest BCUT2D eigenvalue weighted by atomic mass is 9.77. The van der Waals surface area contributed by atoms with Gasteiger partial charge in [-0.1, -0.05) is 67.8 Å². The van der Waals surface area contributed by atoms with Crippen LogP contribution in [0.25, 0.3) is 0 Å². The minimum Gasteiger partial charge on any atom is -0.490 e. The van der Waals surface area contributed by atoms with E-state index >= 15 is 0 Å². The zero-order valence-corrected chi connectivity index (χ0v) is 22.8. The van der Waals surface area contributed by atoms with Gasteiger partial charge in [0.2, 0.25) is 0 Å². The first-order valence-corrected chi connectivity index (χ1v) is 13.0. The Morgan fingerprint density at radius 2 is 1.36 bits per heavy atom. The van der Waals surface area contributed by atoms with Crippen LogP contribution < -0.4 is 9.47 Å². The highest BCUT2D eigenvalue weighted by Crippen LogP contribution is 2.49. The number of hydrogen-bond donors (Lipinski definition) is 0. The molecule has 0 spiro atoms. The van der Waals surface area contributed by atoms with Gasteiger partial charge in [-0.3, -0.25) is 9.59 Å². The van der Waals surface area contributed by atoms with Gasteiger partial charge in [0.05, 0.1) is 12.0 Å². The van der Waals surface area contributed by atoms with Crippen LogP contribution in [0.5, 0.6) is 11.5 Å². The van der Waals surface area contributed by atoms with Crippen LogP contribution in [0.3, 0.4) is 0 Å². The molecule has 0 saturated heterocycles. The number of ether oxygens (including phenoxy) is 3. The molecule has 0 atom stereocenters. The zero-order chi connectivity index (χ0) is 28.0. The fourth-order valence-electron chi connectivity index (χ4n) is 4.83. The van der Waals surface area contributed by atoms with E-state index in [1.165, 1.54) is 0 Å². The van der Waals surface area contributed by atoms with Crippen LogP contribution in [0, 0.1) is 5.41 Å². The molecule has 0 bridgehead atoms. The Bertz CT molecular complexity index is 1280. The van der Waals surface area contributed by atoms with Gasteiger partial charge in [-0.05, 0) is 67.8 Å². The normalized spacial score (nSPS) is 13.9. The fraction of sp³-hybridized carbons (Fsp3) is 0.273. The van der Waals surface area contributed by atoms with Crippen molar-refractivity contribution < 1.29 is 23.8 Å². The largest absolute Gasteiger partial charge is 0.490 e. The van der Waals surface area contributed by atoms with Gasteiger partial charge >= 0.3 is 5.97 Å². The van der Waals surface area contributed by atoms with Crippen molar-refractivity contribution in [3.8, 4) is 11.5 Å². The molecule has 0 radical (unpaired) electrons. The molecule has 1 amide bonds. The Morgan fingerprint density at radius 3 is 1.85 bits per heavy atom. The molecule has 202 valence electrons. The number of fused-ring (bicyclic) bond motifs is 1. The number of amides is 1. The summed E-state index contributed by atoms with van der Waals surface area (Å²) in [6.07, 6.45) is 3.38. The highest BCUT2D eigenvalue weighted by Gasteiger charge is 2.52. The Kier molecular flexibility index (Phi) is 8.24. The molecule has 1 aliphatic rings.